The predicted molar refractivity (Wildman–Crippen MR) is 134 cm³/mol. The molecule has 1 saturated heterocycles. The average molecular weight is 503 g/mol. The molecule has 9 nitrogen and oxygen atoms in total. The highest BCUT2D eigenvalue weighted by atomic mass is 35.5. The average Bonchev–Trinajstić information content (AvgIpc) is 3.28. The van der Waals surface area contributed by atoms with Crippen molar-refractivity contribution in [3.63, 3.8) is 0 Å². The number of piperidine rings is 1. The number of halogens is 1. The van der Waals surface area contributed by atoms with Gasteiger partial charge in [0.1, 0.15) is 16.6 Å². The van der Waals surface area contributed by atoms with Crippen LogP contribution in [0, 0.1) is 5.92 Å². The van der Waals surface area contributed by atoms with Crippen LogP contribution < -0.4 is 16.0 Å². The van der Waals surface area contributed by atoms with Crippen LogP contribution in [-0.2, 0) is 16.0 Å². The maximum absolute atomic E-state index is 12.4. The monoisotopic (exact) mass is 502 g/mol. The number of urea groups is 1. The lowest BCUT2D eigenvalue weighted by Crippen LogP contribution is -2.42. The number of ether oxygens (including phenoxy) is 1. The summed E-state index contributed by atoms with van der Waals surface area (Å²) in [6.45, 7) is 2.99. The van der Waals surface area contributed by atoms with Crippen molar-refractivity contribution in [3.8, 4) is 10.6 Å². The lowest BCUT2D eigenvalue weighted by molar-refractivity contribution is -0.149. The molecule has 1 aliphatic heterocycles. The van der Waals surface area contributed by atoms with Crippen LogP contribution in [0.3, 0.4) is 0 Å². The van der Waals surface area contributed by atoms with Crippen LogP contribution in [0.4, 0.5) is 16.4 Å². The number of hydrogen-bond donors (Lipinski definition) is 3. The van der Waals surface area contributed by atoms with Gasteiger partial charge in [0.25, 0.3) is 0 Å². The minimum Gasteiger partial charge on any atom is -0.466 e. The number of anilines is 2. The normalized spacial score (nSPS) is 17.3. The predicted octanol–water partition coefficient (Wildman–Crippen LogP) is 4.14. The van der Waals surface area contributed by atoms with Crippen LogP contribution in [0.5, 0.6) is 0 Å². The second-order valence-electron chi connectivity index (χ2n) is 7.70. The van der Waals surface area contributed by atoms with Crippen molar-refractivity contribution in [2.24, 2.45) is 5.92 Å². The Morgan fingerprint density at radius 2 is 1.94 bits per heavy atom. The van der Waals surface area contributed by atoms with Gasteiger partial charge in [0.15, 0.2) is 0 Å². The highest BCUT2D eigenvalue weighted by molar-refractivity contribution is 7.13. The second kappa shape index (κ2) is 12.4. The standard InChI is InChI=1S/C23H26N6O3S.ClH/c1-2-32-22(30)16-8-11-25-18(12-16)13-17-4-3-5-19(26-17)28-23(31)29-20-14-33-21(27-20)15-6-9-24-10-7-15;/h3-7,9-10,14,16,18,25H,2,8,11-13H2,1H3,(H2,26,28,29,31);1H. The van der Waals surface area contributed by atoms with Crippen molar-refractivity contribution in [1.29, 1.82) is 0 Å². The van der Waals surface area contributed by atoms with E-state index in [0.717, 1.165) is 29.2 Å². The molecule has 3 N–H and O–H groups in total. The van der Waals surface area contributed by atoms with Crippen LogP contribution in [0.15, 0.2) is 48.1 Å². The molecule has 34 heavy (non-hydrogen) atoms. The van der Waals surface area contributed by atoms with E-state index in [0.29, 0.717) is 31.1 Å². The van der Waals surface area contributed by atoms with Crippen LogP contribution in [-0.4, -0.2) is 46.1 Å². The summed E-state index contributed by atoms with van der Waals surface area (Å²) < 4.78 is 5.17. The maximum atomic E-state index is 12.4. The fourth-order valence-corrected chi connectivity index (χ4v) is 4.53. The Morgan fingerprint density at radius 3 is 2.74 bits per heavy atom. The van der Waals surface area contributed by atoms with E-state index in [1.54, 1.807) is 23.8 Å². The molecule has 2 amide bonds. The molecule has 4 rings (SSSR count). The quantitative estimate of drug-likeness (QED) is 0.415. The van der Waals surface area contributed by atoms with Gasteiger partial charge in [-0.3, -0.25) is 20.4 Å². The van der Waals surface area contributed by atoms with Crippen molar-refractivity contribution >= 4 is 47.4 Å². The Hall–Kier alpha value is -3.08. The van der Waals surface area contributed by atoms with Crippen molar-refractivity contribution in [2.75, 3.05) is 23.8 Å². The van der Waals surface area contributed by atoms with Gasteiger partial charge >= 0.3 is 12.0 Å². The van der Waals surface area contributed by atoms with Gasteiger partial charge in [-0.25, -0.2) is 14.8 Å². The van der Waals surface area contributed by atoms with Crippen molar-refractivity contribution < 1.29 is 14.3 Å². The fraction of sp³-hybridized carbons (Fsp3) is 0.348. The summed E-state index contributed by atoms with van der Waals surface area (Å²) in [5.74, 6) is 0.709. The Morgan fingerprint density at radius 1 is 1.15 bits per heavy atom. The first-order chi connectivity index (χ1) is 16.1. The Bertz CT molecular complexity index is 1100. The lowest BCUT2D eigenvalue weighted by Gasteiger charge is -2.29. The SMILES string of the molecule is CCOC(=O)C1CCNC(Cc2cccc(NC(=O)Nc3csc(-c4ccncc4)n3)n2)C1.Cl. The Balaban J connectivity index is 0.00000324. The van der Waals surface area contributed by atoms with E-state index in [1.807, 2.05) is 31.2 Å². The number of amides is 2. The summed E-state index contributed by atoms with van der Waals surface area (Å²) in [6.07, 6.45) is 5.56. The molecule has 0 saturated carbocycles. The molecule has 0 aromatic carbocycles. The number of rotatable bonds is 7. The van der Waals surface area contributed by atoms with Crippen molar-refractivity contribution in [2.45, 2.75) is 32.2 Å². The summed E-state index contributed by atoms with van der Waals surface area (Å²) >= 11 is 1.44. The second-order valence-corrected chi connectivity index (χ2v) is 8.55. The van der Waals surface area contributed by atoms with E-state index in [2.05, 4.69) is 30.9 Å². The Kier molecular flexibility index (Phi) is 9.32. The number of nitrogens with zero attached hydrogens (tertiary/aromatic N) is 3. The van der Waals surface area contributed by atoms with Gasteiger partial charge in [-0.15, -0.1) is 23.7 Å². The number of carbonyl (C=O) groups is 2. The maximum Gasteiger partial charge on any atom is 0.326 e. The molecule has 3 aromatic heterocycles. The van der Waals surface area contributed by atoms with Gasteiger partial charge in [-0.05, 0) is 50.6 Å². The summed E-state index contributed by atoms with van der Waals surface area (Å²) in [6, 6.07) is 8.97. The molecule has 180 valence electrons. The third-order valence-electron chi connectivity index (χ3n) is 5.29. The first kappa shape index (κ1) is 25.5. The molecule has 11 heteroatoms. The van der Waals surface area contributed by atoms with E-state index in [4.69, 9.17) is 4.74 Å². The first-order valence-electron chi connectivity index (χ1n) is 10.9. The van der Waals surface area contributed by atoms with E-state index >= 15 is 0 Å². The molecule has 0 bridgehead atoms. The largest absolute Gasteiger partial charge is 0.466 e. The molecule has 0 aliphatic carbocycles. The van der Waals surface area contributed by atoms with Crippen LogP contribution in [0.1, 0.15) is 25.5 Å². The highest BCUT2D eigenvalue weighted by Crippen LogP contribution is 2.25. The zero-order valence-electron chi connectivity index (χ0n) is 18.7. The summed E-state index contributed by atoms with van der Waals surface area (Å²) in [4.78, 5) is 37.5. The van der Waals surface area contributed by atoms with Gasteiger partial charge in [-0.2, -0.15) is 0 Å². The molecule has 0 spiro atoms. The molecule has 1 fully saturated rings. The van der Waals surface area contributed by atoms with E-state index in [9.17, 15) is 9.59 Å². The van der Waals surface area contributed by atoms with Gasteiger partial charge < -0.3 is 10.1 Å². The highest BCUT2D eigenvalue weighted by Gasteiger charge is 2.28. The topological polar surface area (TPSA) is 118 Å². The zero-order chi connectivity index (χ0) is 23.0. The number of esters is 1. The Labute approximate surface area is 208 Å². The smallest absolute Gasteiger partial charge is 0.326 e. The molecule has 2 unspecified atom stereocenters. The zero-order valence-corrected chi connectivity index (χ0v) is 20.3. The fourth-order valence-electron chi connectivity index (χ4n) is 3.77. The van der Waals surface area contributed by atoms with Gasteiger partial charge in [0.2, 0.25) is 0 Å². The lowest BCUT2D eigenvalue weighted by atomic mass is 9.90. The van der Waals surface area contributed by atoms with Crippen molar-refractivity contribution in [1.82, 2.24) is 20.3 Å². The molecule has 3 aromatic rings. The number of hydrogen-bond acceptors (Lipinski definition) is 8. The summed E-state index contributed by atoms with van der Waals surface area (Å²) in [5.41, 5.74) is 1.78. The third-order valence-corrected chi connectivity index (χ3v) is 6.18. The number of carbonyl (C=O) groups excluding carboxylic acids is 2. The minimum absolute atomic E-state index is 0. The molecular weight excluding hydrogens is 476 g/mol. The number of aromatic nitrogens is 3. The molecule has 0 radical (unpaired) electrons. The van der Waals surface area contributed by atoms with Gasteiger partial charge in [-0.1, -0.05) is 6.07 Å². The minimum atomic E-state index is -0.413. The first-order valence-corrected chi connectivity index (χ1v) is 11.8. The van der Waals surface area contributed by atoms with E-state index in [-0.39, 0.29) is 30.3 Å². The van der Waals surface area contributed by atoms with Crippen molar-refractivity contribution in [3.05, 3.63) is 53.8 Å². The third kappa shape index (κ3) is 6.96. The molecular formula is C23H27ClN6O3S. The molecule has 4 heterocycles. The number of pyridine rings is 2. The van der Waals surface area contributed by atoms with Crippen LogP contribution >= 0.6 is 23.7 Å². The molecule has 1 aliphatic rings. The number of thiazole rings is 1. The number of nitrogens with one attached hydrogen (secondary N) is 3. The van der Waals surface area contributed by atoms with E-state index in [1.165, 1.54) is 11.3 Å². The van der Waals surface area contributed by atoms with Gasteiger partial charge in [0.05, 0.1) is 12.5 Å². The van der Waals surface area contributed by atoms with Crippen LogP contribution in [0.25, 0.3) is 10.6 Å². The van der Waals surface area contributed by atoms with Crippen LogP contribution in [0.2, 0.25) is 0 Å². The van der Waals surface area contributed by atoms with E-state index < -0.39 is 6.03 Å². The van der Waals surface area contributed by atoms with Gasteiger partial charge in [0, 0.05) is 41.5 Å². The summed E-state index contributed by atoms with van der Waals surface area (Å²) in [5, 5.41) is 11.5. The summed E-state index contributed by atoms with van der Waals surface area (Å²) in [7, 11) is 0. The molecule has 2 atom stereocenters.